The molecule has 0 radical (unpaired) electrons. The molecule has 1 aliphatic carbocycles. The fraction of sp³-hybridized carbons (Fsp3) is 1.00. The van der Waals surface area contributed by atoms with Crippen LogP contribution in [0.15, 0.2) is 0 Å². The highest BCUT2D eigenvalue weighted by atomic mass is 16.7. The van der Waals surface area contributed by atoms with Crippen LogP contribution in [0.1, 0.15) is 61.8 Å². The van der Waals surface area contributed by atoms with Gasteiger partial charge in [0, 0.05) is 0 Å². The minimum atomic E-state index is -0.275. The van der Waals surface area contributed by atoms with E-state index in [4.69, 9.17) is 14.0 Å². The molecule has 0 amide bonds. The summed E-state index contributed by atoms with van der Waals surface area (Å²) in [6, 6.07) is 0. The first-order valence-corrected chi connectivity index (χ1v) is 7.92. The second-order valence-corrected chi connectivity index (χ2v) is 8.95. The maximum atomic E-state index is 6.46. The van der Waals surface area contributed by atoms with Crippen molar-refractivity contribution in [2.45, 2.75) is 84.4 Å². The van der Waals surface area contributed by atoms with E-state index in [0.717, 1.165) is 5.92 Å². The van der Waals surface area contributed by atoms with Crippen molar-refractivity contribution in [2.75, 3.05) is 0 Å². The molecule has 1 saturated carbocycles. The van der Waals surface area contributed by atoms with Crippen molar-refractivity contribution in [3.63, 3.8) is 0 Å². The Morgan fingerprint density at radius 1 is 0.750 bits per heavy atom. The molecule has 3 nitrogen and oxygen atoms in total. The Balaban J connectivity index is 1.82. The second kappa shape index (κ2) is 3.85. The van der Waals surface area contributed by atoms with Crippen molar-refractivity contribution in [1.82, 2.24) is 0 Å². The van der Waals surface area contributed by atoms with E-state index < -0.39 is 0 Å². The average molecular weight is 278 g/mol. The lowest BCUT2D eigenvalue weighted by Crippen LogP contribution is -2.57. The molecule has 2 atom stereocenters. The Bertz CT molecular complexity index is 415. The van der Waals surface area contributed by atoms with Gasteiger partial charge in [-0.1, -0.05) is 20.3 Å². The van der Waals surface area contributed by atoms with Crippen LogP contribution in [0, 0.1) is 11.3 Å². The zero-order valence-electron chi connectivity index (χ0n) is 14.2. The third kappa shape index (κ3) is 1.85. The normalized spacial score (nSPS) is 39.6. The van der Waals surface area contributed by atoms with E-state index in [1.165, 1.54) is 6.42 Å². The molecule has 5 heteroatoms. The van der Waals surface area contributed by atoms with Gasteiger partial charge in [-0.2, -0.15) is 0 Å². The molecule has 20 heavy (non-hydrogen) atoms. The Morgan fingerprint density at radius 3 is 1.75 bits per heavy atom. The van der Waals surface area contributed by atoms with Gasteiger partial charge in [-0.25, -0.2) is 0 Å². The summed E-state index contributed by atoms with van der Waals surface area (Å²) < 4.78 is 18.9. The molecule has 0 bridgehead atoms. The minimum absolute atomic E-state index is 0.0732. The highest BCUT2D eigenvalue weighted by Crippen LogP contribution is 2.66. The van der Waals surface area contributed by atoms with Gasteiger partial charge < -0.3 is 14.0 Å². The van der Waals surface area contributed by atoms with Crippen molar-refractivity contribution >= 4 is 13.8 Å². The summed E-state index contributed by atoms with van der Waals surface area (Å²) in [4.78, 5) is 0. The molecule has 2 heterocycles. The molecule has 0 aromatic rings. The highest BCUT2D eigenvalue weighted by molar-refractivity contribution is 7.15. The maximum Gasteiger partial charge on any atom is 0.446 e. The lowest BCUT2D eigenvalue weighted by molar-refractivity contribution is -0.0404. The largest absolute Gasteiger partial charge is 0.446 e. The smallest absolute Gasteiger partial charge is 0.431 e. The van der Waals surface area contributed by atoms with Gasteiger partial charge in [-0.15, -0.1) is 0 Å². The summed E-state index contributed by atoms with van der Waals surface area (Å²) in [5, 5.41) is 0. The predicted octanol–water partition coefficient (Wildman–Crippen LogP) is 3.37. The lowest BCUT2D eigenvalue weighted by atomic mass is 9.31. The third-order valence-corrected chi connectivity index (χ3v) is 6.71. The van der Waals surface area contributed by atoms with Crippen LogP contribution < -0.4 is 0 Å². The lowest BCUT2D eigenvalue weighted by Gasteiger charge is -2.48. The highest BCUT2D eigenvalue weighted by Gasteiger charge is 2.69. The van der Waals surface area contributed by atoms with E-state index in [1.807, 2.05) is 0 Å². The van der Waals surface area contributed by atoms with Gasteiger partial charge in [0.05, 0.1) is 16.8 Å². The van der Waals surface area contributed by atoms with Gasteiger partial charge in [-0.3, -0.25) is 0 Å². The number of hydrogen-bond acceptors (Lipinski definition) is 3. The molecule has 2 unspecified atom stereocenters. The van der Waals surface area contributed by atoms with Crippen LogP contribution in [0.5, 0.6) is 0 Å². The molecule has 3 aliphatic rings. The van der Waals surface area contributed by atoms with E-state index in [-0.39, 0.29) is 36.0 Å². The van der Waals surface area contributed by atoms with Crippen molar-refractivity contribution in [2.24, 2.45) is 11.3 Å². The number of hydrogen-bond donors (Lipinski definition) is 0. The SMILES string of the molecule is CC1(C)OB(B2OC(C)(C)C(C)(C)C3CC23)OC1(C)C. The second-order valence-electron chi connectivity index (χ2n) is 8.95. The van der Waals surface area contributed by atoms with E-state index >= 15 is 0 Å². The first kappa shape index (κ1) is 14.9. The summed E-state index contributed by atoms with van der Waals surface area (Å²) in [7, 11) is -0.231. The van der Waals surface area contributed by atoms with E-state index in [9.17, 15) is 0 Å². The fourth-order valence-corrected chi connectivity index (χ4v) is 3.71. The maximum absolute atomic E-state index is 6.46. The van der Waals surface area contributed by atoms with Crippen molar-refractivity contribution in [3.05, 3.63) is 0 Å². The van der Waals surface area contributed by atoms with Gasteiger partial charge in [0.25, 0.3) is 0 Å². The molecule has 0 aromatic carbocycles. The Labute approximate surface area is 124 Å². The zero-order chi connectivity index (χ0) is 15.1. The molecule has 0 spiro atoms. The minimum Gasteiger partial charge on any atom is -0.431 e. The van der Waals surface area contributed by atoms with Crippen molar-refractivity contribution in [1.29, 1.82) is 0 Å². The Morgan fingerprint density at radius 2 is 1.25 bits per heavy atom. The van der Waals surface area contributed by atoms with Crippen LogP contribution in [0.2, 0.25) is 5.82 Å². The molecule has 112 valence electrons. The average Bonchev–Trinajstić information content (AvgIpc) is 2.98. The van der Waals surface area contributed by atoms with Crippen LogP contribution in [0.25, 0.3) is 0 Å². The summed E-state index contributed by atoms with van der Waals surface area (Å²) in [5.74, 6) is 1.32. The van der Waals surface area contributed by atoms with Gasteiger partial charge in [-0.05, 0) is 58.7 Å². The summed E-state index contributed by atoms with van der Waals surface area (Å²) in [5.41, 5.74) is -0.470. The monoisotopic (exact) mass is 278 g/mol. The topological polar surface area (TPSA) is 27.7 Å². The van der Waals surface area contributed by atoms with Crippen molar-refractivity contribution in [3.8, 4) is 0 Å². The van der Waals surface area contributed by atoms with E-state index in [1.54, 1.807) is 0 Å². The Kier molecular flexibility index (Phi) is 2.87. The quantitative estimate of drug-likeness (QED) is 0.688. The van der Waals surface area contributed by atoms with Crippen LogP contribution >= 0.6 is 0 Å². The van der Waals surface area contributed by atoms with Gasteiger partial charge >= 0.3 is 13.8 Å². The molecule has 0 N–H and O–H groups in total. The number of rotatable bonds is 1. The Hall–Kier alpha value is 0.00987. The van der Waals surface area contributed by atoms with Crippen LogP contribution in [0.3, 0.4) is 0 Å². The molecule has 3 fully saturated rings. The zero-order valence-corrected chi connectivity index (χ0v) is 14.2. The van der Waals surface area contributed by atoms with E-state index in [2.05, 4.69) is 55.4 Å². The third-order valence-electron chi connectivity index (χ3n) is 6.71. The molecular weight excluding hydrogens is 250 g/mol. The van der Waals surface area contributed by atoms with Crippen LogP contribution in [0.4, 0.5) is 0 Å². The standard InChI is InChI=1S/C15H28B2O3/c1-12(2)10-9-11(10)16(18-13(12,3)4)17-19-14(5,6)15(7,8)20-17/h10-11H,9H2,1-8H3. The van der Waals surface area contributed by atoms with Crippen LogP contribution in [-0.2, 0) is 14.0 Å². The van der Waals surface area contributed by atoms with Gasteiger partial charge in [0.15, 0.2) is 0 Å². The first-order valence-electron chi connectivity index (χ1n) is 7.92. The van der Waals surface area contributed by atoms with Gasteiger partial charge in [0.1, 0.15) is 0 Å². The molecule has 3 rings (SSSR count). The van der Waals surface area contributed by atoms with Gasteiger partial charge in [0.2, 0.25) is 0 Å². The van der Waals surface area contributed by atoms with Crippen LogP contribution in [-0.4, -0.2) is 30.6 Å². The summed E-state index contributed by atoms with van der Waals surface area (Å²) in [6.45, 7) is 17.6. The van der Waals surface area contributed by atoms with Crippen molar-refractivity contribution < 1.29 is 14.0 Å². The summed E-state index contributed by atoms with van der Waals surface area (Å²) in [6.07, 6.45) is 1.24. The summed E-state index contributed by atoms with van der Waals surface area (Å²) >= 11 is 0. The molecule has 2 aliphatic heterocycles. The predicted molar refractivity (Wildman–Crippen MR) is 82.6 cm³/mol. The number of fused-ring (bicyclic) bond motifs is 1. The fourth-order valence-electron chi connectivity index (χ4n) is 3.71. The molecular formula is C15H28B2O3. The first-order chi connectivity index (χ1) is 8.89. The van der Waals surface area contributed by atoms with E-state index in [0.29, 0.717) is 5.82 Å². The molecule has 0 aromatic heterocycles. The molecule has 2 saturated heterocycles.